The minimum atomic E-state index is 0.231. The van der Waals surface area contributed by atoms with Crippen molar-refractivity contribution in [1.29, 1.82) is 0 Å². The largest absolute Gasteiger partial charge is 0.469 e. The van der Waals surface area contributed by atoms with Crippen LogP contribution in [0.15, 0.2) is 27.8 Å². The maximum Gasteiger partial charge on any atom is 0.236 e. The number of nitrogens with one attached hydrogen (secondary N) is 1. The molecule has 1 N–H and O–H groups in total. The first-order chi connectivity index (χ1) is 15.8. The van der Waals surface area contributed by atoms with Crippen LogP contribution in [-0.2, 0) is 16.0 Å². The number of nitrogens with zero attached hydrogens (tertiary/aromatic N) is 4. The number of aliphatic imine (C=N–C) groups is 1. The summed E-state index contributed by atoms with van der Waals surface area (Å²) in [6.07, 6.45) is 9.80. The molecule has 178 valence electrons. The second-order valence-electron chi connectivity index (χ2n) is 9.11. The van der Waals surface area contributed by atoms with E-state index >= 15 is 0 Å². The topological polar surface area (TPSA) is 73.5 Å². The average molecular weight is 446 g/mol. The first kappa shape index (κ1) is 23.1. The summed E-state index contributed by atoms with van der Waals surface area (Å²) in [6, 6.07) is 3.93. The molecule has 1 aromatic heterocycles. The molecule has 1 unspecified atom stereocenters. The van der Waals surface area contributed by atoms with Crippen LogP contribution in [0.25, 0.3) is 0 Å². The normalized spacial score (nSPS) is 23.4. The van der Waals surface area contributed by atoms with Crippen LogP contribution in [0.1, 0.15) is 44.3 Å². The van der Waals surface area contributed by atoms with Crippen molar-refractivity contribution in [1.82, 2.24) is 20.0 Å². The van der Waals surface area contributed by atoms with E-state index in [0.717, 1.165) is 96.2 Å². The number of guanidine groups is 1. The van der Waals surface area contributed by atoms with Crippen LogP contribution in [0.5, 0.6) is 0 Å². The molecule has 32 heavy (non-hydrogen) atoms. The number of furan rings is 1. The molecule has 4 rings (SSSR count). The standard InChI is InChI=1S/C24H39N5O3/c30-23(28-11-3-1-4-12-28)20-27-13-15-29(16-14-27)24(25-10-9-21-8-6-18-31-21)26-19-22-7-2-5-17-32-22/h6,8,18,22H,1-5,7,9-17,19-20H2,(H,25,26). The van der Waals surface area contributed by atoms with Gasteiger partial charge >= 0.3 is 0 Å². The molecule has 3 saturated heterocycles. The number of amides is 1. The van der Waals surface area contributed by atoms with Crippen molar-refractivity contribution in [2.75, 3.05) is 65.5 Å². The van der Waals surface area contributed by atoms with Gasteiger partial charge in [-0.05, 0) is 50.7 Å². The molecule has 8 heteroatoms. The van der Waals surface area contributed by atoms with E-state index in [2.05, 4.69) is 15.1 Å². The highest BCUT2D eigenvalue weighted by Crippen LogP contribution is 2.14. The zero-order valence-electron chi connectivity index (χ0n) is 19.3. The number of piperidine rings is 1. The van der Waals surface area contributed by atoms with Crippen molar-refractivity contribution in [2.45, 2.75) is 51.0 Å². The van der Waals surface area contributed by atoms with Crippen LogP contribution < -0.4 is 5.32 Å². The summed E-state index contributed by atoms with van der Waals surface area (Å²) < 4.78 is 11.3. The van der Waals surface area contributed by atoms with Crippen LogP contribution >= 0.6 is 0 Å². The summed E-state index contributed by atoms with van der Waals surface area (Å²) in [7, 11) is 0. The lowest BCUT2D eigenvalue weighted by atomic mass is 10.1. The number of carbonyl (C=O) groups excluding carboxylic acids is 1. The second kappa shape index (κ2) is 12.3. The summed E-state index contributed by atoms with van der Waals surface area (Å²) in [4.78, 5) is 24.2. The van der Waals surface area contributed by atoms with E-state index in [4.69, 9.17) is 14.1 Å². The van der Waals surface area contributed by atoms with Gasteiger partial charge in [-0.2, -0.15) is 0 Å². The van der Waals surface area contributed by atoms with Gasteiger partial charge in [-0.1, -0.05) is 0 Å². The van der Waals surface area contributed by atoms with Crippen molar-refractivity contribution in [3.8, 4) is 0 Å². The highest BCUT2D eigenvalue weighted by molar-refractivity contribution is 5.80. The number of piperazine rings is 1. The van der Waals surface area contributed by atoms with Gasteiger partial charge in [0, 0.05) is 58.8 Å². The summed E-state index contributed by atoms with van der Waals surface area (Å²) in [5, 5.41) is 3.54. The molecular formula is C24H39N5O3. The number of rotatable bonds is 7. The van der Waals surface area contributed by atoms with Gasteiger partial charge in [0.1, 0.15) is 5.76 Å². The third-order valence-electron chi connectivity index (χ3n) is 6.69. The SMILES string of the molecule is O=C(CN1CCN(C(=NCC2CCCCO2)NCCc2ccco2)CC1)N1CCCCC1. The van der Waals surface area contributed by atoms with Crippen molar-refractivity contribution in [2.24, 2.45) is 4.99 Å². The quantitative estimate of drug-likeness (QED) is 0.511. The molecule has 0 aliphatic carbocycles. The molecular weight excluding hydrogens is 406 g/mol. The molecule has 0 radical (unpaired) electrons. The fourth-order valence-electron chi connectivity index (χ4n) is 4.71. The fourth-order valence-corrected chi connectivity index (χ4v) is 4.71. The number of hydrogen-bond donors (Lipinski definition) is 1. The number of carbonyl (C=O) groups is 1. The van der Waals surface area contributed by atoms with Crippen LogP contribution in [0.2, 0.25) is 0 Å². The second-order valence-corrected chi connectivity index (χ2v) is 9.11. The van der Waals surface area contributed by atoms with Crippen molar-refractivity contribution < 1.29 is 13.9 Å². The average Bonchev–Trinajstić information content (AvgIpc) is 3.37. The van der Waals surface area contributed by atoms with Gasteiger partial charge < -0.3 is 24.3 Å². The van der Waals surface area contributed by atoms with E-state index in [1.165, 1.54) is 12.8 Å². The Kier molecular flexibility index (Phi) is 8.85. The third-order valence-corrected chi connectivity index (χ3v) is 6.69. The Labute approximate surface area is 192 Å². The van der Waals surface area contributed by atoms with Gasteiger partial charge in [0.15, 0.2) is 5.96 Å². The van der Waals surface area contributed by atoms with E-state index in [-0.39, 0.29) is 12.0 Å². The summed E-state index contributed by atoms with van der Waals surface area (Å²) in [5.74, 6) is 2.22. The first-order valence-corrected chi connectivity index (χ1v) is 12.5. The Balaban J connectivity index is 1.27. The van der Waals surface area contributed by atoms with Gasteiger partial charge in [0.05, 0.1) is 25.5 Å². The highest BCUT2D eigenvalue weighted by atomic mass is 16.5. The predicted octanol–water partition coefficient (Wildman–Crippen LogP) is 1.97. The summed E-state index contributed by atoms with van der Waals surface area (Å²) in [5.41, 5.74) is 0. The minimum absolute atomic E-state index is 0.231. The Morgan fingerprint density at radius 2 is 1.88 bits per heavy atom. The predicted molar refractivity (Wildman–Crippen MR) is 125 cm³/mol. The first-order valence-electron chi connectivity index (χ1n) is 12.5. The van der Waals surface area contributed by atoms with E-state index < -0.39 is 0 Å². The number of hydrogen-bond acceptors (Lipinski definition) is 5. The molecule has 1 amide bonds. The van der Waals surface area contributed by atoms with Gasteiger partial charge in [0.2, 0.25) is 5.91 Å². The van der Waals surface area contributed by atoms with Gasteiger partial charge in [-0.25, -0.2) is 0 Å². The highest BCUT2D eigenvalue weighted by Gasteiger charge is 2.24. The summed E-state index contributed by atoms with van der Waals surface area (Å²) in [6.45, 7) is 8.28. The lowest BCUT2D eigenvalue weighted by Crippen LogP contribution is -2.54. The Hall–Kier alpha value is -2.06. The van der Waals surface area contributed by atoms with E-state index in [9.17, 15) is 4.79 Å². The Morgan fingerprint density at radius 3 is 2.59 bits per heavy atom. The van der Waals surface area contributed by atoms with Crippen molar-refractivity contribution in [3.05, 3.63) is 24.2 Å². The smallest absolute Gasteiger partial charge is 0.236 e. The van der Waals surface area contributed by atoms with E-state index in [1.807, 2.05) is 17.0 Å². The maximum atomic E-state index is 12.6. The lowest BCUT2D eigenvalue weighted by molar-refractivity contribution is -0.133. The van der Waals surface area contributed by atoms with Crippen LogP contribution in [-0.4, -0.2) is 98.2 Å². The molecule has 3 aliphatic rings. The molecule has 0 aromatic carbocycles. The molecule has 3 aliphatic heterocycles. The van der Waals surface area contributed by atoms with Crippen LogP contribution in [0, 0.1) is 0 Å². The molecule has 0 bridgehead atoms. The Bertz CT molecular complexity index is 703. The summed E-state index contributed by atoms with van der Waals surface area (Å²) >= 11 is 0. The lowest BCUT2D eigenvalue weighted by Gasteiger charge is -2.37. The third kappa shape index (κ3) is 6.97. The van der Waals surface area contributed by atoms with Gasteiger partial charge in [-0.15, -0.1) is 0 Å². The van der Waals surface area contributed by atoms with E-state index in [0.29, 0.717) is 13.1 Å². The van der Waals surface area contributed by atoms with Crippen LogP contribution in [0.3, 0.4) is 0 Å². The van der Waals surface area contributed by atoms with E-state index in [1.54, 1.807) is 6.26 Å². The Morgan fingerprint density at radius 1 is 1.03 bits per heavy atom. The van der Waals surface area contributed by atoms with Crippen molar-refractivity contribution in [3.63, 3.8) is 0 Å². The monoisotopic (exact) mass is 445 g/mol. The molecule has 3 fully saturated rings. The van der Waals surface area contributed by atoms with Gasteiger partial charge in [0.25, 0.3) is 0 Å². The number of likely N-dealkylation sites (tertiary alicyclic amines) is 1. The zero-order valence-corrected chi connectivity index (χ0v) is 19.3. The van der Waals surface area contributed by atoms with Crippen LogP contribution in [0.4, 0.5) is 0 Å². The molecule has 1 atom stereocenters. The molecule has 0 saturated carbocycles. The molecule has 4 heterocycles. The maximum absolute atomic E-state index is 12.6. The minimum Gasteiger partial charge on any atom is -0.469 e. The van der Waals surface area contributed by atoms with Crippen molar-refractivity contribution >= 4 is 11.9 Å². The molecule has 1 aromatic rings. The van der Waals surface area contributed by atoms with Gasteiger partial charge in [-0.3, -0.25) is 14.7 Å². The zero-order chi connectivity index (χ0) is 22.0. The number of ether oxygens (including phenoxy) is 1. The fraction of sp³-hybridized carbons (Fsp3) is 0.750. The molecule has 0 spiro atoms. The molecule has 8 nitrogen and oxygen atoms in total.